The van der Waals surface area contributed by atoms with Crippen LogP contribution in [0.4, 0.5) is 0 Å². The molecule has 2 aromatic heterocycles. The Labute approximate surface area is 246 Å². The van der Waals surface area contributed by atoms with Gasteiger partial charge in [0.05, 0.1) is 50.7 Å². The largest absolute Gasteiger partial charge is 0.287 e. The molecular weight excluding hydrogens is 540 g/mol. The number of hydrazine groups is 4. The summed E-state index contributed by atoms with van der Waals surface area (Å²) in [6, 6.07) is 10.8. The zero-order valence-electron chi connectivity index (χ0n) is 24.7. The van der Waals surface area contributed by atoms with Crippen LogP contribution in [0.3, 0.4) is 0 Å². The summed E-state index contributed by atoms with van der Waals surface area (Å²) in [5.41, 5.74) is 12.5. The van der Waals surface area contributed by atoms with Gasteiger partial charge in [-0.05, 0) is 36.1 Å². The molecule has 2 aromatic rings. The molecule has 0 spiro atoms. The first-order valence-corrected chi connectivity index (χ1v) is 14.0. The number of rotatable bonds is 8. The summed E-state index contributed by atoms with van der Waals surface area (Å²) in [5, 5.41) is 5.98. The predicted molar refractivity (Wildman–Crippen MR) is 155 cm³/mol. The van der Waals surface area contributed by atoms with Gasteiger partial charge in [-0.3, -0.25) is 50.8 Å². The average Bonchev–Trinajstić information content (AvgIpc) is 2.88. The number of carbonyl (C=O) groups excluding carboxylic acids is 4. The smallest absolute Gasteiger partial charge is 0.250 e. The summed E-state index contributed by atoms with van der Waals surface area (Å²) >= 11 is 0. The third kappa shape index (κ3) is 12.3. The normalized spacial score (nSPS) is 18.0. The van der Waals surface area contributed by atoms with Gasteiger partial charge >= 0.3 is 0 Å². The Morgan fingerprint density at radius 2 is 0.905 bits per heavy atom. The minimum atomic E-state index is -0.413. The van der Waals surface area contributed by atoms with E-state index in [0.29, 0.717) is 24.5 Å². The molecule has 0 bridgehead atoms. The van der Waals surface area contributed by atoms with Crippen LogP contribution in [0.15, 0.2) is 48.8 Å². The second-order valence-corrected chi connectivity index (χ2v) is 11.0. The van der Waals surface area contributed by atoms with E-state index in [9.17, 15) is 19.2 Å². The Balaban J connectivity index is 1.86. The van der Waals surface area contributed by atoms with Crippen molar-refractivity contribution in [2.24, 2.45) is 11.8 Å². The highest BCUT2D eigenvalue weighted by atomic mass is 16.2. The molecule has 3 heterocycles. The highest BCUT2D eigenvalue weighted by Crippen LogP contribution is 2.04. The van der Waals surface area contributed by atoms with E-state index in [1.807, 2.05) is 39.8 Å². The maximum atomic E-state index is 13.2. The van der Waals surface area contributed by atoms with Gasteiger partial charge in [0.2, 0.25) is 23.6 Å². The SMILES string of the molecule is CC(C)CN1CC(=O)NN(Cc2ccccn2)CC(=O)NN(CC(C)C)CC(=O)NN(Cc2ccccn2)CC(=O)N1. The molecule has 14 nitrogen and oxygen atoms in total. The van der Waals surface area contributed by atoms with Gasteiger partial charge in [0.15, 0.2) is 0 Å². The van der Waals surface area contributed by atoms with Crippen molar-refractivity contribution in [1.29, 1.82) is 0 Å². The third-order valence-corrected chi connectivity index (χ3v) is 5.80. The molecule has 0 radical (unpaired) electrons. The van der Waals surface area contributed by atoms with Crippen molar-refractivity contribution in [1.82, 2.24) is 51.7 Å². The Bertz CT molecular complexity index is 1030. The standard InChI is InChI=1S/C28H42N10O4/c1-21(2)13-35-17-25(39)33-38(16-24-10-6-8-12-30-24)20-28(42)32-36(14-22(3)4)18-26(40)34-37(19-27(41)31-35)15-23-9-5-7-11-29-23/h5-12,21-22H,13-20H2,1-4H3,(H,31,41)(H,32,42)(H,33,39)(H,34,40). The molecule has 4 amide bonds. The first-order valence-electron chi connectivity index (χ1n) is 14.0. The summed E-state index contributed by atoms with van der Waals surface area (Å²) < 4.78 is 0. The highest BCUT2D eigenvalue weighted by molar-refractivity contribution is 5.83. The molecular formula is C28H42N10O4. The van der Waals surface area contributed by atoms with E-state index >= 15 is 0 Å². The van der Waals surface area contributed by atoms with E-state index in [1.165, 1.54) is 20.0 Å². The fraction of sp³-hybridized carbons (Fsp3) is 0.500. The van der Waals surface area contributed by atoms with Crippen LogP contribution in [0.1, 0.15) is 39.1 Å². The number of pyridine rings is 2. The number of hydrogen-bond donors (Lipinski definition) is 4. The number of amides is 4. The Kier molecular flexibility index (Phi) is 12.7. The van der Waals surface area contributed by atoms with Gasteiger partial charge in [-0.15, -0.1) is 0 Å². The minimum absolute atomic E-state index is 0.135. The Morgan fingerprint density at radius 1 is 0.571 bits per heavy atom. The topological polar surface area (TPSA) is 155 Å². The lowest BCUT2D eigenvalue weighted by Crippen LogP contribution is -2.58. The van der Waals surface area contributed by atoms with Crippen molar-refractivity contribution in [2.45, 2.75) is 40.8 Å². The first-order chi connectivity index (χ1) is 20.0. The van der Waals surface area contributed by atoms with Gasteiger partial charge in [-0.2, -0.15) is 0 Å². The molecule has 42 heavy (non-hydrogen) atoms. The van der Waals surface area contributed by atoms with Crippen LogP contribution in [0.25, 0.3) is 0 Å². The summed E-state index contributed by atoms with van der Waals surface area (Å²) in [6.07, 6.45) is 3.27. The van der Waals surface area contributed by atoms with Gasteiger partial charge in [-0.25, -0.2) is 20.0 Å². The van der Waals surface area contributed by atoms with E-state index in [0.717, 1.165) is 0 Å². The Morgan fingerprint density at radius 3 is 1.21 bits per heavy atom. The lowest BCUT2D eigenvalue weighted by molar-refractivity contribution is -0.137. The maximum Gasteiger partial charge on any atom is 0.250 e. The highest BCUT2D eigenvalue weighted by Gasteiger charge is 2.24. The number of carbonyl (C=O) groups is 4. The fourth-order valence-electron chi connectivity index (χ4n) is 4.37. The third-order valence-electron chi connectivity index (χ3n) is 5.80. The van der Waals surface area contributed by atoms with Crippen LogP contribution in [0, 0.1) is 11.8 Å². The lowest BCUT2D eigenvalue weighted by Gasteiger charge is -2.31. The molecule has 0 aliphatic carbocycles. The van der Waals surface area contributed by atoms with Crippen LogP contribution >= 0.6 is 0 Å². The van der Waals surface area contributed by atoms with Crippen LogP contribution in [0.2, 0.25) is 0 Å². The van der Waals surface area contributed by atoms with Gasteiger partial charge in [0, 0.05) is 25.5 Å². The molecule has 0 saturated carbocycles. The van der Waals surface area contributed by atoms with E-state index in [2.05, 4.69) is 31.7 Å². The maximum absolute atomic E-state index is 13.2. The van der Waals surface area contributed by atoms with Crippen LogP contribution in [-0.2, 0) is 32.3 Å². The van der Waals surface area contributed by atoms with Crippen molar-refractivity contribution in [2.75, 3.05) is 39.3 Å². The summed E-state index contributed by atoms with van der Waals surface area (Å²) in [5.74, 6) is -1.38. The Hall–Kier alpha value is -3.98. The van der Waals surface area contributed by atoms with Crippen LogP contribution in [-0.4, -0.2) is 92.9 Å². The molecule has 1 saturated heterocycles. The van der Waals surface area contributed by atoms with Gasteiger partial charge in [-0.1, -0.05) is 39.8 Å². The van der Waals surface area contributed by atoms with Crippen LogP contribution < -0.4 is 21.7 Å². The molecule has 0 unspecified atom stereocenters. The van der Waals surface area contributed by atoms with E-state index < -0.39 is 23.6 Å². The minimum Gasteiger partial charge on any atom is -0.287 e. The average molecular weight is 583 g/mol. The zero-order chi connectivity index (χ0) is 30.5. The second-order valence-electron chi connectivity index (χ2n) is 11.0. The summed E-state index contributed by atoms with van der Waals surface area (Å²) in [7, 11) is 0. The molecule has 1 fully saturated rings. The summed E-state index contributed by atoms with van der Waals surface area (Å²) in [4.78, 5) is 61.2. The van der Waals surface area contributed by atoms with Crippen molar-refractivity contribution >= 4 is 23.6 Å². The lowest BCUT2D eigenvalue weighted by atomic mass is 10.2. The molecule has 14 heteroatoms. The number of aromatic nitrogens is 2. The van der Waals surface area contributed by atoms with Gasteiger partial charge in [0.25, 0.3) is 0 Å². The van der Waals surface area contributed by atoms with Gasteiger partial charge in [0.1, 0.15) is 0 Å². The molecule has 4 N–H and O–H groups in total. The molecule has 0 atom stereocenters. The van der Waals surface area contributed by atoms with Gasteiger partial charge < -0.3 is 0 Å². The molecule has 0 aromatic carbocycles. The van der Waals surface area contributed by atoms with Crippen molar-refractivity contribution < 1.29 is 19.2 Å². The van der Waals surface area contributed by atoms with Crippen molar-refractivity contribution in [3.05, 3.63) is 60.2 Å². The summed E-state index contributed by atoms with van der Waals surface area (Å²) in [6.45, 7) is 8.32. The second kappa shape index (κ2) is 16.5. The molecule has 3 rings (SSSR count). The first kappa shape index (κ1) is 32.5. The number of nitrogens with zero attached hydrogens (tertiary/aromatic N) is 6. The zero-order valence-corrected chi connectivity index (χ0v) is 24.7. The number of hydrogen-bond acceptors (Lipinski definition) is 10. The van der Waals surface area contributed by atoms with E-state index in [4.69, 9.17) is 0 Å². The quantitative estimate of drug-likeness (QED) is 0.330. The molecule has 1 aliphatic heterocycles. The van der Waals surface area contributed by atoms with Crippen LogP contribution in [0.5, 0.6) is 0 Å². The van der Waals surface area contributed by atoms with E-state index in [-0.39, 0.29) is 51.1 Å². The monoisotopic (exact) mass is 582 g/mol. The predicted octanol–water partition coefficient (Wildman–Crippen LogP) is -0.165. The fourth-order valence-corrected chi connectivity index (χ4v) is 4.37. The molecule has 228 valence electrons. The van der Waals surface area contributed by atoms with E-state index in [1.54, 1.807) is 36.7 Å². The molecule has 1 aliphatic rings. The van der Waals surface area contributed by atoms with Crippen molar-refractivity contribution in [3.63, 3.8) is 0 Å². The number of nitrogens with one attached hydrogen (secondary N) is 4. The van der Waals surface area contributed by atoms with Crippen molar-refractivity contribution in [3.8, 4) is 0 Å².